The molecule has 5 heteroatoms. The maximum absolute atomic E-state index is 12.7. The molecule has 0 spiro atoms. The van der Waals surface area contributed by atoms with Crippen molar-refractivity contribution in [1.82, 2.24) is 0 Å². The molecule has 5 nitrogen and oxygen atoms in total. The largest absolute Gasteiger partial charge is 0.490 e. The van der Waals surface area contributed by atoms with Gasteiger partial charge in [0.25, 0.3) is 5.91 Å². The average Bonchev–Trinajstić information content (AvgIpc) is 2.79. The van der Waals surface area contributed by atoms with Crippen LogP contribution in [-0.2, 0) is 4.74 Å². The van der Waals surface area contributed by atoms with E-state index in [1.807, 2.05) is 61.5 Å². The molecule has 0 radical (unpaired) electrons. The summed E-state index contributed by atoms with van der Waals surface area (Å²) in [6.45, 7) is 5.58. The van der Waals surface area contributed by atoms with Crippen LogP contribution in [0, 0.1) is 0 Å². The molecule has 3 aromatic carbocycles. The molecule has 2 N–H and O–H groups in total. The molecule has 30 heavy (non-hydrogen) atoms. The Morgan fingerprint density at radius 3 is 2.27 bits per heavy atom. The number of benzene rings is 3. The van der Waals surface area contributed by atoms with Gasteiger partial charge in [0.05, 0.1) is 12.2 Å². The first-order valence-corrected chi connectivity index (χ1v) is 10.2. The number of rotatable bonds is 10. The predicted octanol–water partition coefficient (Wildman–Crippen LogP) is 5.53. The molecule has 1 unspecified atom stereocenters. The molecule has 0 aliphatic carbocycles. The Bertz CT molecular complexity index is 927. The normalized spacial score (nSPS) is 11.5. The highest BCUT2D eigenvalue weighted by Crippen LogP contribution is 2.23. The molecule has 0 saturated heterocycles. The fourth-order valence-electron chi connectivity index (χ4n) is 3.06. The minimum absolute atomic E-state index is 0.187. The molecule has 0 saturated carbocycles. The minimum Gasteiger partial charge on any atom is -0.490 e. The Kier molecular flexibility index (Phi) is 7.86. The Hall–Kier alpha value is -3.31. The number of ether oxygens (including phenoxy) is 2. The summed E-state index contributed by atoms with van der Waals surface area (Å²) in [7, 11) is 0. The van der Waals surface area contributed by atoms with E-state index < -0.39 is 0 Å². The van der Waals surface area contributed by atoms with Crippen molar-refractivity contribution >= 4 is 17.3 Å². The third-order valence-electron chi connectivity index (χ3n) is 4.65. The molecule has 0 aliphatic rings. The number of carbonyl (C=O) groups is 1. The topological polar surface area (TPSA) is 59.6 Å². The zero-order valence-corrected chi connectivity index (χ0v) is 17.4. The minimum atomic E-state index is -0.208. The van der Waals surface area contributed by atoms with E-state index in [9.17, 15) is 4.79 Å². The summed E-state index contributed by atoms with van der Waals surface area (Å²) in [6.07, 6.45) is 0. The molecule has 3 aromatic rings. The number of hydrogen-bond donors (Lipinski definition) is 2. The lowest BCUT2D eigenvalue weighted by Gasteiger charge is -2.16. The van der Waals surface area contributed by atoms with Gasteiger partial charge in [-0.25, -0.2) is 0 Å². The first-order valence-electron chi connectivity index (χ1n) is 10.2. The fourth-order valence-corrected chi connectivity index (χ4v) is 3.06. The Morgan fingerprint density at radius 1 is 0.867 bits per heavy atom. The summed E-state index contributed by atoms with van der Waals surface area (Å²) in [4.78, 5) is 12.7. The van der Waals surface area contributed by atoms with Crippen LogP contribution in [0.3, 0.4) is 0 Å². The van der Waals surface area contributed by atoms with E-state index in [1.54, 1.807) is 12.1 Å². The van der Waals surface area contributed by atoms with E-state index in [4.69, 9.17) is 9.47 Å². The second-order valence-corrected chi connectivity index (χ2v) is 6.85. The lowest BCUT2D eigenvalue weighted by Crippen LogP contribution is -2.15. The SMILES string of the molecule is CCOCCOc1ccccc1C(=O)Nc1ccc(NC(C)c2ccccc2)cc1. The van der Waals surface area contributed by atoms with E-state index in [2.05, 4.69) is 29.7 Å². The van der Waals surface area contributed by atoms with E-state index in [0.29, 0.717) is 31.1 Å². The molecular formula is C25H28N2O3. The average molecular weight is 405 g/mol. The highest BCUT2D eigenvalue weighted by atomic mass is 16.5. The lowest BCUT2D eigenvalue weighted by atomic mass is 10.1. The van der Waals surface area contributed by atoms with Gasteiger partial charge in [-0.2, -0.15) is 0 Å². The third-order valence-corrected chi connectivity index (χ3v) is 4.65. The molecule has 0 fully saturated rings. The van der Waals surface area contributed by atoms with Crippen molar-refractivity contribution in [3.8, 4) is 5.75 Å². The smallest absolute Gasteiger partial charge is 0.259 e. The van der Waals surface area contributed by atoms with E-state index in [1.165, 1.54) is 5.56 Å². The summed E-state index contributed by atoms with van der Waals surface area (Å²) in [6, 6.07) is 25.4. The van der Waals surface area contributed by atoms with Gasteiger partial charge in [-0.15, -0.1) is 0 Å². The Labute approximate surface area is 178 Å². The maximum Gasteiger partial charge on any atom is 0.259 e. The Morgan fingerprint density at radius 2 is 1.53 bits per heavy atom. The molecule has 1 atom stereocenters. The van der Waals surface area contributed by atoms with Crippen LogP contribution in [0.25, 0.3) is 0 Å². The number of hydrogen-bond acceptors (Lipinski definition) is 4. The zero-order valence-electron chi connectivity index (χ0n) is 17.4. The highest BCUT2D eigenvalue weighted by molar-refractivity contribution is 6.06. The van der Waals surface area contributed by atoms with Gasteiger partial charge in [-0.3, -0.25) is 4.79 Å². The van der Waals surface area contributed by atoms with Crippen molar-refractivity contribution in [3.63, 3.8) is 0 Å². The summed E-state index contributed by atoms with van der Waals surface area (Å²) in [5.74, 6) is 0.338. The number of carbonyl (C=O) groups excluding carboxylic acids is 1. The molecule has 0 bridgehead atoms. The number of nitrogens with one attached hydrogen (secondary N) is 2. The highest BCUT2D eigenvalue weighted by Gasteiger charge is 2.12. The van der Waals surface area contributed by atoms with Crippen LogP contribution >= 0.6 is 0 Å². The summed E-state index contributed by atoms with van der Waals surface area (Å²) in [5.41, 5.74) is 3.43. The standard InChI is InChI=1S/C25H28N2O3/c1-3-29-17-18-30-24-12-8-7-11-23(24)25(28)27-22-15-13-21(14-16-22)26-19(2)20-9-5-4-6-10-20/h4-16,19,26H,3,17-18H2,1-2H3,(H,27,28). The number of amides is 1. The molecule has 1 amide bonds. The van der Waals surface area contributed by atoms with E-state index in [-0.39, 0.29) is 11.9 Å². The second-order valence-electron chi connectivity index (χ2n) is 6.85. The first-order chi connectivity index (χ1) is 14.7. The molecule has 0 aliphatic heterocycles. The summed E-state index contributed by atoms with van der Waals surface area (Å²) >= 11 is 0. The molecule has 0 heterocycles. The van der Waals surface area contributed by atoms with Crippen molar-refractivity contribution in [3.05, 3.63) is 90.0 Å². The zero-order chi connectivity index (χ0) is 21.2. The van der Waals surface area contributed by atoms with Gasteiger partial charge in [-0.1, -0.05) is 42.5 Å². The van der Waals surface area contributed by atoms with Gasteiger partial charge < -0.3 is 20.1 Å². The lowest BCUT2D eigenvalue weighted by molar-refractivity contribution is 0.0998. The van der Waals surface area contributed by atoms with Gasteiger partial charge in [0.1, 0.15) is 12.4 Å². The second kappa shape index (κ2) is 11.0. The van der Waals surface area contributed by atoms with Crippen LogP contribution < -0.4 is 15.4 Å². The van der Waals surface area contributed by atoms with Gasteiger partial charge in [0, 0.05) is 24.0 Å². The first kappa shape index (κ1) is 21.4. The van der Waals surface area contributed by atoms with Crippen molar-refractivity contribution < 1.29 is 14.3 Å². The monoisotopic (exact) mass is 404 g/mol. The van der Waals surface area contributed by atoms with Crippen LogP contribution in [0.15, 0.2) is 78.9 Å². The van der Waals surface area contributed by atoms with Crippen molar-refractivity contribution in [2.45, 2.75) is 19.9 Å². The predicted molar refractivity (Wildman–Crippen MR) is 121 cm³/mol. The van der Waals surface area contributed by atoms with Crippen molar-refractivity contribution in [2.75, 3.05) is 30.5 Å². The van der Waals surface area contributed by atoms with E-state index >= 15 is 0 Å². The van der Waals surface area contributed by atoms with Crippen LogP contribution in [0.4, 0.5) is 11.4 Å². The van der Waals surface area contributed by atoms with Gasteiger partial charge >= 0.3 is 0 Å². The summed E-state index contributed by atoms with van der Waals surface area (Å²) in [5, 5.41) is 6.40. The van der Waals surface area contributed by atoms with Gasteiger partial charge in [0.2, 0.25) is 0 Å². The van der Waals surface area contributed by atoms with Gasteiger partial charge in [0.15, 0.2) is 0 Å². The molecule has 0 aromatic heterocycles. The fraction of sp³-hybridized carbons (Fsp3) is 0.240. The van der Waals surface area contributed by atoms with Crippen molar-refractivity contribution in [1.29, 1.82) is 0 Å². The Balaban J connectivity index is 1.59. The van der Waals surface area contributed by atoms with Crippen LogP contribution in [0.2, 0.25) is 0 Å². The molecule has 156 valence electrons. The quantitative estimate of drug-likeness (QED) is 0.436. The number of para-hydroxylation sites is 1. The molecular weight excluding hydrogens is 376 g/mol. The van der Waals surface area contributed by atoms with Crippen LogP contribution in [-0.4, -0.2) is 25.7 Å². The summed E-state index contributed by atoms with van der Waals surface area (Å²) < 4.78 is 11.0. The van der Waals surface area contributed by atoms with E-state index in [0.717, 1.165) is 11.4 Å². The maximum atomic E-state index is 12.7. The van der Waals surface area contributed by atoms with Gasteiger partial charge in [-0.05, 0) is 55.8 Å². The van der Waals surface area contributed by atoms with Crippen LogP contribution in [0.5, 0.6) is 5.75 Å². The van der Waals surface area contributed by atoms with Crippen LogP contribution in [0.1, 0.15) is 35.8 Å². The van der Waals surface area contributed by atoms with Crippen molar-refractivity contribution in [2.24, 2.45) is 0 Å². The molecule has 3 rings (SSSR count). The third kappa shape index (κ3) is 6.09. The number of anilines is 2.